The molecule has 1 fully saturated rings. The van der Waals surface area contributed by atoms with Gasteiger partial charge in [-0.25, -0.2) is 4.79 Å². The summed E-state index contributed by atoms with van der Waals surface area (Å²) in [6.07, 6.45) is 5.21. The molecule has 0 radical (unpaired) electrons. The molecular weight excluding hydrogens is 411 g/mol. The van der Waals surface area contributed by atoms with Gasteiger partial charge in [-0.2, -0.15) is 0 Å². The number of pyridine rings is 1. The molecule has 2 aromatic rings. The van der Waals surface area contributed by atoms with Gasteiger partial charge in [-0.15, -0.1) is 0 Å². The van der Waals surface area contributed by atoms with E-state index in [0.29, 0.717) is 30.6 Å². The topological polar surface area (TPSA) is 62.5 Å². The maximum atomic E-state index is 12.8. The van der Waals surface area contributed by atoms with Crippen molar-refractivity contribution in [1.29, 1.82) is 0 Å². The zero-order valence-electron chi connectivity index (χ0n) is 16.5. The van der Waals surface area contributed by atoms with Gasteiger partial charge in [0.2, 0.25) is 0 Å². The van der Waals surface area contributed by atoms with Crippen LogP contribution in [0.25, 0.3) is 0 Å². The van der Waals surface area contributed by atoms with E-state index in [4.69, 9.17) is 28.3 Å². The summed E-state index contributed by atoms with van der Waals surface area (Å²) in [5.74, 6) is -0.955. The first kappa shape index (κ1) is 21.9. The number of carbonyl (C=O) groups is 1. The Kier molecular flexibility index (Phi) is 7.38. The van der Waals surface area contributed by atoms with E-state index in [0.717, 1.165) is 37.1 Å². The van der Waals surface area contributed by atoms with Crippen LogP contribution in [0.2, 0.25) is 10.0 Å². The number of nitrogens with zero attached hydrogens (tertiary/aromatic N) is 2. The highest BCUT2D eigenvalue weighted by Crippen LogP contribution is 2.27. The van der Waals surface area contributed by atoms with Crippen LogP contribution in [0.15, 0.2) is 35.1 Å². The number of hydrogen-bond acceptors (Lipinski definition) is 3. The minimum atomic E-state index is -0.955. The van der Waals surface area contributed by atoms with E-state index in [2.05, 4.69) is 11.8 Å². The fourth-order valence-corrected chi connectivity index (χ4v) is 4.58. The van der Waals surface area contributed by atoms with Crippen LogP contribution in [0.4, 0.5) is 0 Å². The highest BCUT2D eigenvalue weighted by Gasteiger charge is 2.26. The first-order chi connectivity index (χ1) is 13.9. The lowest BCUT2D eigenvalue weighted by Gasteiger charge is -2.26. The number of carboxylic acids is 1. The predicted molar refractivity (Wildman–Crippen MR) is 116 cm³/mol. The summed E-state index contributed by atoms with van der Waals surface area (Å²) < 4.78 is 1.68. The molecule has 3 rings (SSSR count). The van der Waals surface area contributed by atoms with E-state index in [9.17, 15) is 9.59 Å². The molecule has 1 N–H and O–H groups in total. The van der Waals surface area contributed by atoms with E-state index < -0.39 is 5.97 Å². The van der Waals surface area contributed by atoms with Crippen LogP contribution in [0.1, 0.15) is 54.2 Å². The van der Waals surface area contributed by atoms with Crippen molar-refractivity contribution in [2.45, 2.75) is 58.2 Å². The van der Waals surface area contributed by atoms with Gasteiger partial charge in [-0.1, -0.05) is 48.7 Å². The molecule has 0 saturated carbocycles. The molecule has 2 heterocycles. The molecule has 1 aromatic carbocycles. The van der Waals surface area contributed by atoms with Crippen LogP contribution in [0.5, 0.6) is 0 Å². The molecule has 7 heteroatoms. The minimum absolute atomic E-state index is 0.117. The first-order valence-corrected chi connectivity index (χ1v) is 10.8. The summed E-state index contributed by atoms with van der Waals surface area (Å²) >= 11 is 12.6. The third-order valence-electron chi connectivity index (χ3n) is 5.60. The Morgan fingerprint density at radius 1 is 1.21 bits per heavy atom. The molecule has 0 aliphatic carbocycles. The lowest BCUT2D eigenvalue weighted by Crippen LogP contribution is -2.33. The quantitative estimate of drug-likeness (QED) is 0.641. The van der Waals surface area contributed by atoms with Crippen molar-refractivity contribution in [3.63, 3.8) is 0 Å². The van der Waals surface area contributed by atoms with Gasteiger partial charge in [0.1, 0.15) is 5.02 Å². The number of halogens is 2. The average Bonchev–Trinajstić information content (AvgIpc) is 3.13. The third kappa shape index (κ3) is 5.21. The van der Waals surface area contributed by atoms with Gasteiger partial charge in [0.05, 0.1) is 16.3 Å². The van der Waals surface area contributed by atoms with Crippen LogP contribution in [-0.2, 0) is 19.5 Å². The number of benzene rings is 1. The van der Waals surface area contributed by atoms with Crippen molar-refractivity contribution in [3.8, 4) is 0 Å². The highest BCUT2D eigenvalue weighted by molar-refractivity contribution is 6.34. The Balaban J connectivity index is 1.83. The zero-order chi connectivity index (χ0) is 21.0. The predicted octanol–water partition coefficient (Wildman–Crippen LogP) is 4.86. The molecule has 0 amide bonds. The Morgan fingerprint density at radius 3 is 2.59 bits per heavy atom. The van der Waals surface area contributed by atoms with E-state index in [-0.39, 0.29) is 16.1 Å². The van der Waals surface area contributed by atoms with E-state index in [1.165, 1.54) is 6.42 Å². The van der Waals surface area contributed by atoms with Crippen LogP contribution in [-0.4, -0.2) is 33.1 Å². The van der Waals surface area contributed by atoms with Crippen molar-refractivity contribution < 1.29 is 9.90 Å². The fraction of sp³-hybridized carbons (Fsp3) is 0.455. The summed E-state index contributed by atoms with van der Waals surface area (Å²) in [6, 6.07) is 8.77. The summed E-state index contributed by atoms with van der Waals surface area (Å²) in [6.45, 7) is 4.27. The number of aromatic carboxylic acids is 1. The second-order valence-corrected chi connectivity index (χ2v) is 8.37. The van der Waals surface area contributed by atoms with Crippen molar-refractivity contribution in [1.82, 2.24) is 9.47 Å². The van der Waals surface area contributed by atoms with Gasteiger partial charge in [0, 0.05) is 19.1 Å². The van der Waals surface area contributed by atoms with Gasteiger partial charge in [-0.05, 0) is 56.0 Å². The normalized spacial score (nSPS) is 17.0. The van der Waals surface area contributed by atoms with Gasteiger partial charge in [0.15, 0.2) is 0 Å². The number of carboxylic acid groups (broad SMARTS) is 1. The molecule has 1 unspecified atom stereocenters. The molecule has 5 nitrogen and oxygen atoms in total. The number of likely N-dealkylation sites (tertiary alicyclic amines) is 1. The zero-order valence-corrected chi connectivity index (χ0v) is 18.0. The van der Waals surface area contributed by atoms with Gasteiger partial charge < -0.3 is 9.67 Å². The third-order valence-corrected chi connectivity index (χ3v) is 6.20. The summed E-state index contributed by atoms with van der Waals surface area (Å²) in [5.41, 5.74) is 1.76. The molecule has 156 valence electrons. The van der Waals surface area contributed by atoms with Crippen molar-refractivity contribution >= 4 is 29.2 Å². The molecular formula is C22H26Cl2N2O3. The van der Waals surface area contributed by atoms with E-state index in [1.807, 2.05) is 0 Å². The van der Waals surface area contributed by atoms with Crippen LogP contribution >= 0.6 is 23.2 Å². The molecule has 0 spiro atoms. The summed E-state index contributed by atoms with van der Waals surface area (Å²) in [4.78, 5) is 26.2. The molecule has 1 aliphatic heterocycles. The SMILES string of the molecule is CCCC1CCCN1Cc1c(Cl)cc(Cl)c(=O)n1CCc1ccc(C(=O)O)cc1. The van der Waals surface area contributed by atoms with Crippen molar-refractivity contribution in [2.75, 3.05) is 6.54 Å². The molecule has 29 heavy (non-hydrogen) atoms. The lowest BCUT2D eigenvalue weighted by atomic mass is 10.1. The Hall–Kier alpha value is -1.82. The standard InChI is InChI=1S/C22H26Cl2N2O3/c1-2-4-17-5-3-11-25(17)14-20-18(23)13-19(24)21(27)26(20)12-10-15-6-8-16(9-7-15)22(28)29/h6-9,13,17H,2-5,10-12,14H2,1H3,(H,28,29). The number of hydrogen-bond donors (Lipinski definition) is 1. The molecule has 1 aliphatic rings. The van der Waals surface area contributed by atoms with Gasteiger partial charge in [-0.3, -0.25) is 9.69 Å². The molecule has 1 aromatic heterocycles. The Bertz CT molecular complexity index is 925. The fourth-order valence-electron chi connectivity index (χ4n) is 4.04. The van der Waals surface area contributed by atoms with Crippen molar-refractivity contribution in [3.05, 3.63) is 67.6 Å². The Labute approximate surface area is 180 Å². The number of aromatic nitrogens is 1. The smallest absolute Gasteiger partial charge is 0.335 e. The summed E-state index contributed by atoms with van der Waals surface area (Å²) in [7, 11) is 0. The molecule has 1 saturated heterocycles. The largest absolute Gasteiger partial charge is 0.478 e. The first-order valence-electron chi connectivity index (χ1n) is 10.0. The minimum Gasteiger partial charge on any atom is -0.478 e. The molecule has 1 atom stereocenters. The summed E-state index contributed by atoms with van der Waals surface area (Å²) in [5, 5.41) is 9.66. The lowest BCUT2D eigenvalue weighted by molar-refractivity contribution is 0.0697. The second kappa shape index (κ2) is 9.79. The average molecular weight is 437 g/mol. The molecule has 0 bridgehead atoms. The number of aryl methyl sites for hydroxylation is 1. The van der Waals surface area contributed by atoms with Crippen LogP contribution in [0, 0.1) is 0 Å². The van der Waals surface area contributed by atoms with Crippen molar-refractivity contribution in [2.24, 2.45) is 0 Å². The van der Waals surface area contributed by atoms with E-state index >= 15 is 0 Å². The van der Waals surface area contributed by atoms with E-state index in [1.54, 1.807) is 34.9 Å². The maximum Gasteiger partial charge on any atom is 0.335 e. The van der Waals surface area contributed by atoms with Gasteiger partial charge >= 0.3 is 5.97 Å². The highest BCUT2D eigenvalue weighted by atomic mass is 35.5. The maximum absolute atomic E-state index is 12.8. The Morgan fingerprint density at radius 2 is 1.93 bits per heavy atom. The number of rotatable bonds is 8. The van der Waals surface area contributed by atoms with Crippen LogP contribution in [0.3, 0.4) is 0 Å². The van der Waals surface area contributed by atoms with Gasteiger partial charge in [0.25, 0.3) is 5.56 Å². The second-order valence-electron chi connectivity index (χ2n) is 7.55. The monoisotopic (exact) mass is 436 g/mol. The van der Waals surface area contributed by atoms with Crippen LogP contribution < -0.4 is 5.56 Å².